The summed E-state index contributed by atoms with van der Waals surface area (Å²) in [5.41, 5.74) is 2.23. The number of hydrogen-bond acceptors (Lipinski definition) is 3. The third-order valence-corrected chi connectivity index (χ3v) is 5.12. The van der Waals surface area contributed by atoms with Crippen LogP contribution in [-0.2, 0) is 12.4 Å². The van der Waals surface area contributed by atoms with Crippen molar-refractivity contribution in [1.82, 2.24) is 5.32 Å². The van der Waals surface area contributed by atoms with Crippen molar-refractivity contribution in [3.05, 3.63) is 101 Å². The molecule has 1 N–H and O–H groups in total. The summed E-state index contributed by atoms with van der Waals surface area (Å²) in [6.45, 7) is 0.911. The fourth-order valence-electron chi connectivity index (χ4n) is 2.64. The Bertz CT molecular complexity index is 902. The van der Waals surface area contributed by atoms with Crippen molar-refractivity contribution in [2.24, 2.45) is 0 Å². The smallest absolute Gasteiger partial charge is 0.255 e. The zero-order valence-corrected chi connectivity index (χ0v) is 16.3. The molecule has 0 fully saturated rings. The van der Waals surface area contributed by atoms with Gasteiger partial charge >= 0.3 is 0 Å². The van der Waals surface area contributed by atoms with Gasteiger partial charge in [-0.05, 0) is 29.3 Å². The number of para-hydroxylation sites is 1. The fourth-order valence-corrected chi connectivity index (χ4v) is 3.49. The van der Waals surface area contributed by atoms with E-state index in [0.29, 0.717) is 41.5 Å². The highest BCUT2D eigenvalue weighted by atomic mass is 32.2. The van der Waals surface area contributed by atoms with E-state index in [4.69, 9.17) is 4.74 Å². The zero-order chi connectivity index (χ0) is 19.6. The number of ether oxygens (including phenoxy) is 1. The predicted octanol–water partition coefficient (Wildman–Crippen LogP) is 5.07. The van der Waals surface area contributed by atoms with Crippen molar-refractivity contribution < 1.29 is 13.9 Å². The first-order valence-corrected chi connectivity index (χ1v) is 10.2. The van der Waals surface area contributed by atoms with Gasteiger partial charge in [-0.3, -0.25) is 4.79 Å². The summed E-state index contributed by atoms with van der Waals surface area (Å²) in [4.78, 5) is 12.5. The lowest BCUT2D eigenvalue weighted by molar-refractivity contribution is 0.0951. The van der Waals surface area contributed by atoms with Crippen molar-refractivity contribution in [1.29, 1.82) is 0 Å². The second kappa shape index (κ2) is 10.5. The van der Waals surface area contributed by atoms with Crippen molar-refractivity contribution in [3.8, 4) is 5.75 Å². The monoisotopic (exact) mass is 395 g/mol. The summed E-state index contributed by atoms with van der Waals surface area (Å²) in [6, 6.07) is 23.8. The molecule has 0 aromatic heterocycles. The molecule has 5 heteroatoms. The lowest BCUT2D eigenvalue weighted by Crippen LogP contribution is -2.26. The van der Waals surface area contributed by atoms with E-state index in [0.717, 1.165) is 5.56 Å². The van der Waals surface area contributed by atoms with E-state index in [1.807, 2.05) is 48.5 Å². The van der Waals surface area contributed by atoms with Crippen LogP contribution in [0.2, 0.25) is 0 Å². The highest BCUT2D eigenvalue weighted by Crippen LogP contribution is 2.20. The molecule has 0 aliphatic rings. The lowest BCUT2D eigenvalue weighted by atomic mass is 10.2. The Morgan fingerprint density at radius 3 is 2.46 bits per heavy atom. The van der Waals surface area contributed by atoms with Crippen LogP contribution >= 0.6 is 11.8 Å². The van der Waals surface area contributed by atoms with E-state index in [1.54, 1.807) is 36.0 Å². The molecular formula is C23H22FNO2S. The van der Waals surface area contributed by atoms with Crippen LogP contribution in [-0.4, -0.2) is 18.2 Å². The summed E-state index contributed by atoms with van der Waals surface area (Å²) in [5, 5.41) is 2.90. The number of nitrogens with one attached hydrogen (secondary N) is 1. The highest BCUT2D eigenvalue weighted by Gasteiger charge is 2.11. The molecule has 0 heterocycles. The molecular weight excluding hydrogens is 373 g/mol. The number of rotatable bonds is 9. The molecule has 3 nitrogen and oxygen atoms in total. The molecule has 0 saturated heterocycles. The van der Waals surface area contributed by atoms with Crippen molar-refractivity contribution in [2.75, 3.05) is 12.3 Å². The van der Waals surface area contributed by atoms with Crippen molar-refractivity contribution in [2.45, 2.75) is 12.4 Å². The Morgan fingerprint density at radius 2 is 1.64 bits per heavy atom. The van der Waals surface area contributed by atoms with Gasteiger partial charge in [-0.15, -0.1) is 0 Å². The van der Waals surface area contributed by atoms with Crippen LogP contribution in [0.1, 0.15) is 21.5 Å². The summed E-state index contributed by atoms with van der Waals surface area (Å²) >= 11 is 1.58. The molecule has 144 valence electrons. The minimum absolute atomic E-state index is 0.171. The maximum atomic E-state index is 13.6. The second-order valence-electron chi connectivity index (χ2n) is 6.17. The van der Waals surface area contributed by atoms with Crippen LogP contribution in [0.3, 0.4) is 0 Å². The normalized spacial score (nSPS) is 10.5. The Balaban J connectivity index is 1.47. The number of thioether (sulfide) groups is 1. The first kappa shape index (κ1) is 20.0. The van der Waals surface area contributed by atoms with Crippen molar-refractivity contribution in [3.63, 3.8) is 0 Å². The van der Waals surface area contributed by atoms with Crippen LogP contribution < -0.4 is 10.1 Å². The summed E-state index contributed by atoms with van der Waals surface area (Å²) < 4.78 is 19.4. The van der Waals surface area contributed by atoms with E-state index in [1.165, 1.54) is 6.07 Å². The number of hydrogen-bond donors (Lipinski definition) is 1. The van der Waals surface area contributed by atoms with E-state index >= 15 is 0 Å². The molecule has 3 aromatic carbocycles. The Hall–Kier alpha value is -2.79. The number of carbonyl (C=O) groups excluding carboxylic acids is 1. The molecule has 0 spiro atoms. The van der Waals surface area contributed by atoms with E-state index in [9.17, 15) is 9.18 Å². The minimum atomic E-state index is -0.191. The molecule has 0 bridgehead atoms. The SMILES string of the molecule is O=C(NCCSCc1ccccc1F)c1ccccc1OCc1ccccc1. The van der Waals surface area contributed by atoms with Crippen LogP contribution in [0.25, 0.3) is 0 Å². The quantitative estimate of drug-likeness (QED) is 0.514. The average Bonchev–Trinajstić information content (AvgIpc) is 2.74. The van der Waals surface area contributed by atoms with Crippen molar-refractivity contribution >= 4 is 17.7 Å². The molecule has 3 rings (SSSR count). The number of carbonyl (C=O) groups is 1. The molecule has 3 aromatic rings. The van der Waals surface area contributed by atoms with Crippen LogP contribution in [0, 0.1) is 5.82 Å². The predicted molar refractivity (Wildman–Crippen MR) is 112 cm³/mol. The van der Waals surface area contributed by atoms with E-state index < -0.39 is 0 Å². The van der Waals surface area contributed by atoms with Crippen LogP contribution in [0.15, 0.2) is 78.9 Å². The van der Waals surface area contributed by atoms with Crippen LogP contribution in [0.5, 0.6) is 5.75 Å². The third kappa shape index (κ3) is 5.86. The van der Waals surface area contributed by atoms with Gasteiger partial charge in [0.2, 0.25) is 0 Å². The fraction of sp³-hybridized carbons (Fsp3) is 0.174. The molecule has 0 saturated carbocycles. The first-order valence-electron chi connectivity index (χ1n) is 9.09. The van der Waals surface area contributed by atoms with Gasteiger partial charge in [0.05, 0.1) is 5.56 Å². The van der Waals surface area contributed by atoms with Gasteiger partial charge in [0.15, 0.2) is 0 Å². The highest BCUT2D eigenvalue weighted by molar-refractivity contribution is 7.98. The zero-order valence-electron chi connectivity index (χ0n) is 15.4. The first-order chi connectivity index (χ1) is 13.7. The topological polar surface area (TPSA) is 38.3 Å². The number of amides is 1. The van der Waals surface area contributed by atoms with Gasteiger partial charge in [-0.1, -0.05) is 60.7 Å². The van der Waals surface area contributed by atoms with Gasteiger partial charge in [0.25, 0.3) is 5.91 Å². The maximum absolute atomic E-state index is 13.6. The van der Waals surface area contributed by atoms with Gasteiger partial charge in [0.1, 0.15) is 18.2 Å². The average molecular weight is 395 g/mol. The molecule has 0 aliphatic heterocycles. The summed E-state index contributed by atoms with van der Waals surface area (Å²) in [6.07, 6.45) is 0. The Morgan fingerprint density at radius 1 is 0.929 bits per heavy atom. The van der Waals surface area contributed by atoms with Gasteiger partial charge in [0, 0.05) is 18.1 Å². The molecule has 0 radical (unpaired) electrons. The Labute approximate surface area is 168 Å². The Kier molecular flexibility index (Phi) is 7.50. The lowest BCUT2D eigenvalue weighted by Gasteiger charge is -2.12. The molecule has 0 unspecified atom stereocenters. The third-order valence-electron chi connectivity index (χ3n) is 4.12. The minimum Gasteiger partial charge on any atom is -0.488 e. The second-order valence-corrected chi connectivity index (χ2v) is 7.28. The van der Waals surface area contributed by atoms with Gasteiger partial charge < -0.3 is 10.1 Å². The largest absolute Gasteiger partial charge is 0.488 e. The van der Waals surface area contributed by atoms with E-state index in [2.05, 4.69) is 5.32 Å². The summed E-state index contributed by atoms with van der Waals surface area (Å²) in [5.74, 6) is 1.48. The van der Waals surface area contributed by atoms with Crippen LogP contribution in [0.4, 0.5) is 4.39 Å². The maximum Gasteiger partial charge on any atom is 0.255 e. The molecule has 0 atom stereocenters. The molecule has 1 amide bonds. The number of benzene rings is 3. The standard InChI is InChI=1S/C23H22FNO2S/c24-21-12-6-4-10-19(21)17-28-15-14-25-23(26)20-11-5-7-13-22(20)27-16-18-8-2-1-3-9-18/h1-13H,14-17H2,(H,25,26). The number of halogens is 1. The molecule has 28 heavy (non-hydrogen) atoms. The molecule has 0 aliphatic carbocycles. The summed E-state index contributed by atoms with van der Waals surface area (Å²) in [7, 11) is 0. The van der Waals surface area contributed by atoms with Gasteiger partial charge in [-0.2, -0.15) is 11.8 Å². The van der Waals surface area contributed by atoms with E-state index in [-0.39, 0.29) is 11.7 Å². The van der Waals surface area contributed by atoms with Gasteiger partial charge in [-0.25, -0.2) is 4.39 Å².